The van der Waals surface area contributed by atoms with Crippen molar-refractivity contribution < 1.29 is 13.9 Å². The molecule has 4 nitrogen and oxygen atoms in total. The Bertz CT molecular complexity index is 1340. The minimum Gasteiger partial charge on any atom is -0.491 e. The van der Waals surface area contributed by atoms with Gasteiger partial charge in [0.25, 0.3) is 0 Å². The van der Waals surface area contributed by atoms with Gasteiger partial charge >= 0.3 is 0 Å². The Kier molecular flexibility index (Phi) is 9.57. The van der Waals surface area contributed by atoms with Gasteiger partial charge in [0.05, 0.1) is 15.6 Å². The van der Waals surface area contributed by atoms with Crippen LogP contribution in [-0.2, 0) is 0 Å². The smallest absolute Gasteiger partial charge is 0.210 e. The van der Waals surface area contributed by atoms with E-state index in [9.17, 15) is 9.18 Å². The summed E-state index contributed by atoms with van der Waals surface area (Å²) in [5.41, 5.74) is 3.49. The lowest BCUT2D eigenvalue weighted by Gasteiger charge is -2.21. The summed E-state index contributed by atoms with van der Waals surface area (Å²) in [7, 11) is 0. The fraction of sp³-hybridized carbons (Fsp3) is 0.300. The first-order valence-corrected chi connectivity index (χ1v) is 14.3. The molecular weight excluding hydrogens is 599 g/mol. The molecule has 2 aromatic carbocycles. The average Bonchev–Trinajstić information content (AvgIpc) is 3.27. The molecule has 2 heterocycles. The van der Waals surface area contributed by atoms with Gasteiger partial charge in [0.2, 0.25) is 5.78 Å². The Morgan fingerprint density at radius 3 is 2.27 bits per heavy atom. The number of hydrogen-bond donors (Lipinski definition) is 0. The van der Waals surface area contributed by atoms with Crippen molar-refractivity contribution in [3.63, 3.8) is 0 Å². The Hall–Kier alpha value is -2.48. The van der Waals surface area contributed by atoms with E-state index in [0.717, 1.165) is 55.5 Å². The minimum absolute atomic E-state index is 0.131. The van der Waals surface area contributed by atoms with Crippen LogP contribution in [0.25, 0.3) is 16.6 Å². The summed E-state index contributed by atoms with van der Waals surface area (Å²) in [6.45, 7) is 8.21. The third-order valence-electron chi connectivity index (χ3n) is 6.26. The first kappa shape index (κ1) is 27.6. The van der Waals surface area contributed by atoms with Crippen LogP contribution in [0.3, 0.4) is 0 Å². The quantitative estimate of drug-likeness (QED) is 0.117. The van der Waals surface area contributed by atoms with Gasteiger partial charge in [-0.3, -0.25) is 4.79 Å². The lowest BCUT2D eigenvalue weighted by Crippen LogP contribution is -2.27. The molecule has 0 radical (unpaired) electrons. The summed E-state index contributed by atoms with van der Waals surface area (Å²) < 4.78 is 23.0. The van der Waals surface area contributed by atoms with E-state index in [0.29, 0.717) is 32.6 Å². The highest BCUT2D eigenvalue weighted by Crippen LogP contribution is 2.37. The summed E-state index contributed by atoms with van der Waals surface area (Å²) in [5.74, 6) is 0.244. The predicted molar refractivity (Wildman–Crippen MR) is 155 cm³/mol. The standard InChI is InChI=1S/C30H31Br2FN2O2/c1-3-13-34(14-4-2)15-7-17-37-30-26(31)18-22(19-27(30)32)29(36)28-25(21-9-11-23(33)12-10-21)20-24-8-5-6-16-35(24)28/h5-6,8-12,16,18-20H,3-4,7,13-15,17H2,1-2H3. The van der Waals surface area contributed by atoms with Crippen LogP contribution in [0.4, 0.5) is 4.39 Å². The van der Waals surface area contributed by atoms with E-state index in [2.05, 4.69) is 50.6 Å². The van der Waals surface area contributed by atoms with Gasteiger partial charge < -0.3 is 14.0 Å². The zero-order chi connectivity index (χ0) is 26.4. The lowest BCUT2D eigenvalue weighted by molar-refractivity contribution is 0.103. The van der Waals surface area contributed by atoms with Crippen molar-refractivity contribution in [3.05, 3.63) is 92.9 Å². The van der Waals surface area contributed by atoms with E-state index in [4.69, 9.17) is 4.74 Å². The second-order valence-electron chi connectivity index (χ2n) is 9.05. The highest BCUT2D eigenvalue weighted by molar-refractivity contribution is 9.11. The van der Waals surface area contributed by atoms with Crippen LogP contribution in [0, 0.1) is 5.82 Å². The van der Waals surface area contributed by atoms with Gasteiger partial charge in [0.15, 0.2) is 0 Å². The molecule has 0 saturated heterocycles. The number of carbonyl (C=O) groups is 1. The zero-order valence-electron chi connectivity index (χ0n) is 21.1. The largest absolute Gasteiger partial charge is 0.491 e. The number of fused-ring (bicyclic) bond motifs is 1. The number of ether oxygens (including phenoxy) is 1. The molecule has 0 spiro atoms. The number of nitrogens with zero attached hydrogens (tertiary/aromatic N) is 2. The number of ketones is 1. The number of halogens is 3. The van der Waals surface area contributed by atoms with Crippen molar-refractivity contribution in [3.8, 4) is 16.9 Å². The number of carbonyl (C=O) groups excluding carboxylic acids is 1. The molecule has 0 aliphatic heterocycles. The number of pyridine rings is 1. The van der Waals surface area contributed by atoms with Gasteiger partial charge in [0, 0.05) is 29.4 Å². The average molecular weight is 630 g/mol. The minimum atomic E-state index is -0.313. The molecule has 0 saturated carbocycles. The number of aromatic nitrogens is 1. The summed E-state index contributed by atoms with van der Waals surface area (Å²) in [6.07, 6.45) is 5.09. The SMILES string of the molecule is CCCN(CCC)CCCOc1c(Br)cc(C(=O)c2c(-c3ccc(F)cc3)cc3ccccn23)cc1Br. The highest BCUT2D eigenvalue weighted by Gasteiger charge is 2.22. The molecule has 2 aromatic heterocycles. The maximum Gasteiger partial charge on any atom is 0.210 e. The number of benzene rings is 2. The first-order chi connectivity index (χ1) is 17.9. The molecule has 0 unspecified atom stereocenters. The van der Waals surface area contributed by atoms with Crippen LogP contribution < -0.4 is 4.74 Å². The maximum absolute atomic E-state index is 13.9. The van der Waals surface area contributed by atoms with Gasteiger partial charge in [-0.25, -0.2) is 4.39 Å². The van der Waals surface area contributed by atoms with Crippen LogP contribution in [0.1, 0.15) is 49.2 Å². The topological polar surface area (TPSA) is 34.0 Å². The van der Waals surface area contributed by atoms with E-state index in [1.165, 1.54) is 12.1 Å². The molecule has 0 fully saturated rings. The van der Waals surface area contributed by atoms with Crippen LogP contribution in [0.2, 0.25) is 0 Å². The van der Waals surface area contributed by atoms with Crippen LogP contribution in [-0.4, -0.2) is 41.3 Å². The number of rotatable bonds is 12. The normalized spacial score (nSPS) is 11.4. The van der Waals surface area contributed by atoms with Crippen molar-refractivity contribution in [1.29, 1.82) is 0 Å². The Balaban J connectivity index is 1.58. The van der Waals surface area contributed by atoms with E-state index in [1.807, 2.05) is 34.9 Å². The predicted octanol–water partition coefficient (Wildman–Crippen LogP) is 8.39. The number of hydrogen-bond acceptors (Lipinski definition) is 3. The fourth-order valence-corrected chi connectivity index (χ4v) is 6.02. The molecule has 194 valence electrons. The van der Waals surface area contributed by atoms with Gasteiger partial charge in [-0.05, 0) is 112 Å². The maximum atomic E-state index is 13.9. The Morgan fingerprint density at radius 1 is 0.946 bits per heavy atom. The third kappa shape index (κ3) is 6.51. The van der Waals surface area contributed by atoms with Gasteiger partial charge in [0.1, 0.15) is 17.3 Å². The summed E-state index contributed by atoms with van der Waals surface area (Å²) in [5, 5.41) is 0. The molecule has 0 N–H and O–H groups in total. The van der Waals surface area contributed by atoms with Crippen molar-refractivity contribution in [2.45, 2.75) is 33.1 Å². The highest BCUT2D eigenvalue weighted by atomic mass is 79.9. The molecule has 4 rings (SSSR count). The third-order valence-corrected chi connectivity index (χ3v) is 7.43. The second kappa shape index (κ2) is 12.9. The van der Waals surface area contributed by atoms with E-state index < -0.39 is 0 Å². The summed E-state index contributed by atoms with van der Waals surface area (Å²) >= 11 is 7.23. The van der Waals surface area contributed by atoms with E-state index in [1.54, 1.807) is 24.3 Å². The van der Waals surface area contributed by atoms with Gasteiger partial charge in [-0.2, -0.15) is 0 Å². The van der Waals surface area contributed by atoms with Crippen LogP contribution >= 0.6 is 31.9 Å². The molecule has 0 aliphatic rings. The summed E-state index contributed by atoms with van der Waals surface area (Å²) in [6, 6.07) is 17.6. The molecule has 4 aromatic rings. The fourth-order valence-electron chi connectivity index (χ4n) is 4.60. The molecule has 0 aliphatic carbocycles. The molecule has 0 atom stereocenters. The van der Waals surface area contributed by atoms with Crippen molar-refractivity contribution in [2.24, 2.45) is 0 Å². The molecule has 0 bridgehead atoms. The van der Waals surface area contributed by atoms with Crippen LogP contribution in [0.15, 0.2) is 75.8 Å². The first-order valence-electron chi connectivity index (χ1n) is 12.7. The molecule has 37 heavy (non-hydrogen) atoms. The van der Waals surface area contributed by atoms with E-state index >= 15 is 0 Å². The van der Waals surface area contributed by atoms with Crippen molar-refractivity contribution in [1.82, 2.24) is 9.30 Å². The van der Waals surface area contributed by atoms with Gasteiger partial charge in [-0.1, -0.05) is 32.0 Å². The Labute approximate surface area is 234 Å². The molecule has 7 heteroatoms. The van der Waals surface area contributed by atoms with Crippen LogP contribution in [0.5, 0.6) is 5.75 Å². The summed E-state index contributed by atoms with van der Waals surface area (Å²) in [4.78, 5) is 16.3. The van der Waals surface area contributed by atoms with Gasteiger partial charge in [-0.15, -0.1) is 0 Å². The molecule has 0 amide bonds. The Morgan fingerprint density at radius 2 is 1.62 bits per heavy atom. The zero-order valence-corrected chi connectivity index (χ0v) is 24.3. The van der Waals surface area contributed by atoms with E-state index in [-0.39, 0.29) is 11.6 Å². The lowest BCUT2D eigenvalue weighted by atomic mass is 10.00. The van der Waals surface area contributed by atoms with Crippen molar-refractivity contribution >= 4 is 43.2 Å². The molecular formula is C30H31Br2FN2O2. The second-order valence-corrected chi connectivity index (χ2v) is 10.8. The van der Waals surface area contributed by atoms with Crippen molar-refractivity contribution in [2.75, 3.05) is 26.2 Å². The monoisotopic (exact) mass is 628 g/mol.